The van der Waals surface area contributed by atoms with E-state index in [1.807, 2.05) is 32.0 Å². The van der Waals surface area contributed by atoms with Gasteiger partial charge in [0.05, 0.1) is 5.60 Å². The third-order valence-electron chi connectivity index (χ3n) is 2.48. The minimum atomic E-state index is -0.767. The topological polar surface area (TPSA) is 20.2 Å². The van der Waals surface area contributed by atoms with Gasteiger partial charge in [-0.3, -0.25) is 0 Å². The van der Waals surface area contributed by atoms with Crippen LogP contribution in [0.25, 0.3) is 0 Å². The summed E-state index contributed by atoms with van der Waals surface area (Å²) in [5, 5.41) is 10.7. The van der Waals surface area contributed by atoms with Crippen molar-refractivity contribution in [2.75, 3.05) is 0 Å². The summed E-state index contributed by atoms with van der Waals surface area (Å²) in [5.41, 5.74) is 1.15. The normalized spacial score (nSPS) is 15.5. The summed E-state index contributed by atoms with van der Waals surface area (Å²) in [5.74, 6) is 0. The van der Waals surface area contributed by atoms with Gasteiger partial charge in [-0.05, 0) is 37.5 Å². The molecule has 0 saturated carbocycles. The van der Waals surface area contributed by atoms with Gasteiger partial charge in [0.15, 0.2) is 0 Å². The molecule has 0 aliphatic heterocycles. The minimum Gasteiger partial charge on any atom is -0.385 e. The second-order valence-corrected chi connectivity index (χ2v) is 4.00. The van der Waals surface area contributed by atoms with Crippen molar-refractivity contribution in [3.63, 3.8) is 0 Å². The molecule has 1 rings (SSSR count). The number of halogens is 1. The van der Waals surface area contributed by atoms with Gasteiger partial charge in [-0.1, -0.05) is 30.7 Å². The first-order valence-corrected chi connectivity index (χ1v) is 4.84. The second kappa shape index (κ2) is 3.69. The van der Waals surface area contributed by atoms with E-state index in [9.17, 15) is 5.11 Å². The van der Waals surface area contributed by atoms with Gasteiger partial charge in [0.1, 0.15) is 0 Å². The molecule has 0 aromatic heterocycles. The van der Waals surface area contributed by atoms with E-state index in [1.54, 1.807) is 6.92 Å². The van der Waals surface area contributed by atoms with Crippen LogP contribution in [0.2, 0.25) is 5.02 Å². The summed E-state index contributed by atoms with van der Waals surface area (Å²) >= 11 is 5.97. The Labute approximate surface area is 84.4 Å². The molecule has 13 heavy (non-hydrogen) atoms. The largest absolute Gasteiger partial charge is 0.385 e. The van der Waals surface area contributed by atoms with Crippen molar-refractivity contribution in [1.82, 2.24) is 0 Å². The molecule has 1 atom stereocenters. The van der Waals surface area contributed by atoms with Crippen molar-refractivity contribution in [3.05, 3.63) is 34.3 Å². The molecule has 0 aliphatic carbocycles. The highest BCUT2D eigenvalue weighted by atomic mass is 35.5. The Balaban J connectivity index is 3.10. The zero-order valence-corrected chi connectivity index (χ0v) is 9.02. The van der Waals surface area contributed by atoms with Crippen LogP contribution in [0, 0.1) is 6.92 Å². The Kier molecular flexibility index (Phi) is 2.99. The van der Waals surface area contributed by atoms with Crippen LogP contribution >= 0.6 is 11.6 Å². The molecule has 0 fully saturated rings. The molecule has 0 radical (unpaired) electrons. The first-order chi connectivity index (χ1) is 5.97. The number of aliphatic hydroxyl groups is 1. The Bertz CT molecular complexity index is 305. The van der Waals surface area contributed by atoms with Crippen molar-refractivity contribution < 1.29 is 5.11 Å². The van der Waals surface area contributed by atoms with Gasteiger partial charge in [-0.15, -0.1) is 0 Å². The monoisotopic (exact) mass is 198 g/mol. The highest BCUT2D eigenvalue weighted by Gasteiger charge is 2.20. The van der Waals surface area contributed by atoms with E-state index in [0.29, 0.717) is 11.4 Å². The van der Waals surface area contributed by atoms with Gasteiger partial charge >= 0.3 is 0 Å². The van der Waals surface area contributed by atoms with Crippen molar-refractivity contribution in [2.45, 2.75) is 32.8 Å². The lowest BCUT2D eigenvalue weighted by Gasteiger charge is -2.22. The molecule has 0 saturated heterocycles. The molecule has 0 unspecified atom stereocenters. The molecular formula is C11H15ClO. The maximum Gasteiger partial charge on any atom is 0.0866 e. The molecule has 1 aromatic rings. The maximum atomic E-state index is 9.95. The lowest BCUT2D eigenvalue weighted by atomic mass is 9.93. The van der Waals surface area contributed by atoms with E-state index in [0.717, 1.165) is 11.1 Å². The van der Waals surface area contributed by atoms with Gasteiger partial charge in [-0.2, -0.15) is 0 Å². The fourth-order valence-electron chi connectivity index (χ4n) is 1.13. The van der Waals surface area contributed by atoms with Crippen LogP contribution in [0.5, 0.6) is 0 Å². The summed E-state index contributed by atoms with van der Waals surface area (Å²) in [7, 11) is 0. The molecule has 1 N–H and O–H groups in total. The molecule has 1 aromatic carbocycles. The Morgan fingerprint density at radius 2 is 2.08 bits per heavy atom. The Morgan fingerprint density at radius 3 is 2.54 bits per heavy atom. The van der Waals surface area contributed by atoms with Crippen molar-refractivity contribution in [1.29, 1.82) is 0 Å². The van der Waals surface area contributed by atoms with E-state index in [1.165, 1.54) is 0 Å². The molecule has 0 amide bonds. The SMILES string of the molecule is CC[C@](C)(O)c1ccc(C)c(Cl)c1. The number of aryl methyl sites for hydroxylation is 1. The maximum absolute atomic E-state index is 9.95. The number of hydrogen-bond donors (Lipinski definition) is 1. The lowest BCUT2D eigenvalue weighted by Crippen LogP contribution is -2.19. The predicted octanol–water partition coefficient (Wildman–Crippen LogP) is 3.27. The van der Waals surface area contributed by atoms with Crippen LogP contribution in [-0.2, 0) is 5.60 Å². The highest BCUT2D eigenvalue weighted by Crippen LogP contribution is 2.27. The van der Waals surface area contributed by atoms with Crippen LogP contribution in [0.3, 0.4) is 0 Å². The zero-order chi connectivity index (χ0) is 10.1. The summed E-state index contributed by atoms with van der Waals surface area (Å²) in [6.07, 6.45) is 0.687. The minimum absolute atomic E-state index is 0.687. The van der Waals surface area contributed by atoms with Gasteiger partial charge in [0.25, 0.3) is 0 Å². The van der Waals surface area contributed by atoms with Crippen LogP contribution in [0.1, 0.15) is 31.4 Å². The van der Waals surface area contributed by atoms with Gasteiger partial charge in [-0.25, -0.2) is 0 Å². The first kappa shape index (κ1) is 10.6. The number of hydrogen-bond acceptors (Lipinski definition) is 1. The van der Waals surface area contributed by atoms with Crippen molar-refractivity contribution >= 4 is 11.6 Å². The molecule has 0 aliphatic rings. The predicted molar refractivity (Wildman–Crippen MR) is 56.1 cm³/mol. The van der Waals surface area contributed by atoms with Crippen molar-refractivity contribution in [2.24, 2.45) is 0 Å². The molecule has 72 valence electrons. The van der Waals surface area contributed by atoms with Crippen molar-refractivity contribution in [3.8, 4) is 0 Å². The van der Waals surface area contributed by atoms with Gasteiger partial charge in [0, 0.05) is 5.02 Å². The van der Waals surface area contributed by atoms with E-state index < -0.39 is 5.60 Å². The summed E-state index contributed by atoms with van der Waals surface area (Å²) in [6.45, 7) is 5.70. The molecule has 0 heterocycles. The second-order valence-electron chi connectivity index (χ2n) is 3.59. The average Bonchev–Trinajstić information content (AvgIpc) is 2.09. The van der Waals surface area contributed by atoms with Crippen LogP contribution in [0.15, 0.2) is 18.2 Å². The Morgan fingerprint density at radius 1 is 1.46 bits per heavy atom. The third kappa shape index (κ3) is 2.23. The first-order valence-electron chi connectivity index (χ1n) is 4.46. The van der Waals surface area contributed by atoms with Crippen LogP contribution in [0.4, 0.5) is 0 Å². The standard InChI is InChI=1S/C11H15ClO/c1-4-11(3,13)9-6-5-8(2)10(12)7-9/h5-7,13H,4H2,1-3H3/t11-/m0/s1. The highest BCUT2D eigenvalue weighted by molar-refractivity contribution is 6.31. The van der Waals surface area contributed by atoms with Gasteiger partial charge in [0.2, 0.25) is 0 Å². The lowest BCUT2D eigenvalue weighted by molar-refractivity contribution is 0.0531. The molecule has 2 heteroatoms. The third-order valence-corrected chi connectivity index (χ3v) is 2.89. The summed E-state index contributed by atoms with van der Waals surface area (Å²) < 4.78 is 0. The van der Waals surface area contributed by atoms with E-state index in [2.05, 4.69) is 0 Å². The zero-order valence-electron chi connectivity index (χ0n) is 8.26. The van der Waals surface area contributed by atoms with Crippen LogP contribution in [-0.4, -0.2) is 5.11 Å². The molecular weight excluding hydrogens is 184 g/mol. The van der Waals surface area contributed by atoms with Gasteiger partial charge < -0.3 is 5.11 Å². The van der Waals surface area contributed by atoms with E-state index >= 15 is 0 Å². The number of rotatable bonds is 2. The molecule has 1 nitrogen and oxygen atoms in total. The smallest absolute Gasteiger partial charge is 0.0866 e. The fourth-order valence-corrected chi connectivity index (χ4v) is 1.31. The van der Waals surface area contributed by atoms with E-state index in [-0.39, 0.29) is 0 Å². The van der Waals surface area contributed by atoms with E-state index in [4.69, 9.17) is 11.6 Å². The molecule has 0 bridgehead atoms. The summed E-state index contributed by atoms with van der Waals surface area (Å²) in [6, 6.07) is 5.69. The summed E-state index contributed by atoms with van der Waals surface area (Å²) in [4.78, 5) is 0. The average molecular weight is 199 g/mol. The Hall–Kier alpha value is -0.530. The molecule has 0 spiro atoms. The van der Waals surface area contributed by atoms with Crippen LogP contribution < -0.4 is 0 Å². The quantitative estimate of drug-likeness (QED) is 0.774. The number of benzene rings is 1. The fraction of sp³-hybridized carbons (Fsp3) is 0.455.